The number of rotatable bonds is 7. The van der Waals surface area contributed by atoms with E-state index in [2.05, 4.69) is 6.92 Å². The molecule has 0 rings (SSSR count). The van der Waals surface area contributed by atoms with Crippen molar-refractivity contribution in [2.75, 3.05) is 5.75 Å². The van der Waals surface area contributed by atoms with Crippen LogP contribution in [0.15, 0.2) is 0 Å². The molecule has 0 bridgehead atoms. The largest absolute Gasteiger partial charge is 1.00 e. The van der Waals surface area contributed by atoms with Crippen molar-refractivity contribution in [3.63, 3.8) is 0 Å². The summed E-state index contributed by atoms with van der Waals surface area (Å²) < 4.78 is 154. The van der Waals surface area contributed by atoms with Crippen molar-refractivity contribution in [2.24, 2.45) is 0 Å². The summed E-state index contributed by atoms with van der Waals surface area (Å²) in [7, 11) is -26.4. The molecule has 27 heavy (non-hydrogen) atoms. The van der Waals surface area contributed by atoms with Crippen molar-refractivity contribution in [3.8, 4) is 0 Å². The standard InChI is InChI=1S/C5H11O12S4.Na.H2O4S/c1-3(19(9,10)11)5(21(15,16)17)4(20(12,13)14)2-18(6,7)8;;1-5(2,3)4/h3-5H,1-2H2,(H,6,7,8)(H,9,10,11)(H,12,13,14)(H,15,16,17);;(H2,1,2,3,4)/q-1;+1;. The molecule has 6 N–H and O–H groups in total. The van der Waals surface area contributed by atoms with Crippen LogP contribution in [-0.2, 0) is 50.9 Å². The third-order valence-electron chi connectivity index (χ3n) is 2.22. The van der Waals surface area contributed by atoms with E-state index in [4.69, 9.17) is 35.7 Å². The van der Waals surface area contributed by atoms with E-state index in [0.29, 0.717) is 0 Å². The fraction of sp³-hybridized carbons (Fsp3) is 0.800. The minimum Gasteiger partial charge on any atom is -0.322 e. The molecule has 3 atom stereocenters. The molecule has 0 aromatic rings. The van der Waals surface area contributed by atoms with Gasteiger partial charge >= 0.3 is 40.0 Å². The van der Waals surface area contributed by atoms with Crippen molar-refractivity contribution in [1.82, 2.24) is 0 Å². The van der Waals surface area contributed by atoms with Gasteiger partial charge in [-0.25, -0.2) is 8.42 Å². The summed E-state index contributed by atoms with van der Waals surface area (Å²) in [6.07, 6.45) is 0. The molecule has 0 spiro atoms. The van der Waals surface area contributed by atoms with Gasteiger partial charge in [-0.2, -0.15) is 33.7 Å². The van der Waals surface area contributed by atoms with E-state index >= 15 is 0 Å². The Kier molecular flexibility index (Phi) is 12.5. The molecule has 3 unspecified atom stereocenters. The first-order valence-corrected chi connectivity index (χ1v) is 12.8. The van der Waals surface area contributed by atoms with Crippen LogP contribution in [0.25, 0.3) is 0 Å². The molecule has 0 aliphatic rings. The Bertz CT molecular complexity index is 993. The minimum absolute atomic E-state index is 0. The Labute approximate surface area is 177 Å². The molecule has 16 nitrogen and oxygen atoms in total. The average Bonchev–Trinajstić information content (AvgIpc) is 2.18. The molecule has 0 aromatic heterocycles. The first-order valence-electron chi connectivity index (χ1n) is 5.24. The quantitative estimate of drug-likeness (QED) is 0.105. The number of hydrogen-bond donors (Lipinski definition) is 6. The molecule has 0 amide bonds. The van der Waals surface area contributed by atoms with Gasteiger partial charge in [-0.1, -0.05) is 0 Å². The van der Waals surface area contributed by atoms with Crippen LogP contribution < -0.4 is 29.6 Å². The Morgan fingerprint density at radius 1 is 0.630 bits per heavy atom. The van der Waals surface area contributed by atoms with E-state index < -0.39 is 72.4 Å². The zero-order valence-electron chi connectivity index (χ0n) is 13.0. The first-order chi connectivity index (χ1) is 10.9. The molecule has 0 radical (unpaired) electrons. The van der Waals surface area contributed by atoms with E-state index in [1.54, 1.807) is 0 Å². The Hall–Kier alpha value is 0.510. The van der Waals surface area contributed by atoms with Crippen LogP contribution in [0.5, 0.6) is 0 Å². The van der Waals surface area contributed by atoms with Gasteiger partial charge in [0, 0.05) is 0 Å². The summed E-state index contributed by atoms with van der Waals surface area (Å²) in [5.74, 6) is -1.96. The van der Waals surface area contributed by atoms with Gasteiger partial charge in [0.15, 0.2) is 0 Å². The Morgan fingerprint density at radius 3 is 1.07 bits per heavy atom. The van der Waals surface area contributed by atoms with Crippen molar-refractivity contribution >= 4 is 50.9 Å². The van der Waals surface area contributed by atoms with Crippen molar-refractivity contribution < 1.29 is 99.0 Å². The second-order valence-corrected chi connectivity index (χ2v) is 11.5. The summed E-state index contributed by atoms with van der Waals surface area (Å²) in [6, 6.07) is 0. The van der Waals surface area contributed by atoms with Gasteiger partial charge in [-0.15, -0.1) is 0 Å². The van der Waals surface area contributed by atoms with Crippen LogP contribution in [0.4, 0.5) is 0 Å². The fourth-order valence-corrected chi connectivity index (χ4v) is 7.00. The van der Waals surface area contributed by atoms with Crippen LogP contribution in [0, 0.1) is 6.92 Å². The van der Waals surface area contributed by atoms with E-state index in [1.807, 2.05) is 0 Å². The maximum Gasteiger partial charge on any atom is 1.00 e. The molecule has 0 saturated heterocycles. The SMILES string of the molecule is O=S(=O)(O)O.[CH2-]C(C(C(CS(=O)(=O)O)S(=O)(=O)O)S(=O)(=O)O)S(=O)(=O)O.[Na+]. The van der Waals surface area contributed by atoms with Crippen molar-refractivity contribution in [3.05, 3.63) is 6.92 Å². The van der Waals surface area contributed by atoms with Crippen LogP contribution in [0.1, 0.15) is 0 Å². The van der Waals surface area contributed by atoms with Crippen LogP contribution in [0.2, 0.25) is 0 Å². The summed E-state index contributed by atoms with van der Waals surface area (Å²) in [4.78, 5) is 0. The van der Waals surface area contributed by atoms with Gasteiger partial charge in [-0.3, -0.25) is 27.3 Å². The van der Waals surface area contributed by atoms with E-state index in [0.717, 1.165) is 0 Å². The maximum absolute atomic E-state index is 11.1. The predicted molar refractivity (Wildman–Crippen MR) is 82.0 cm³/mol. The van der Waals surface area contributed by atoms with Crippen molar-refractivity contribution in [1.29, 1.82) is 0 Å². The van der Waals surface area contributed by atoms with E-state index in [-0.39, 0.29) is 29.6 Å². The van der Waals surface area contributed by atoms with Gasteiger partial charge in [0.1, 0.15) is 5.25 Å². The molecule has 0 saturated carbocycles. The zero-order chi connectivity index (χ0) is 21.9. The third kappa shape index (κ3) is 16.0. The first kappa shape index (κ1) is 32.2. The van der Waals surface area contributed by atoms with E-state index in [1.165, 1.54) is 0 Å². The van der Waals surface area contributed by atoms with Gasteiger partial charge in [0.2, 0.25) is 10.1 Å². The Balaban J connectivity index is -0.000000844. The molecule has 0 heterocycles. The summed E-state index contributed by atoms with van der Waals surface area (Å²) in [5, 5.41) is -8.84. The van der Waals surface area contributed by atoms with Crippen LogP contribution in [0.3, 0.4) is 0 Å². The molecule has 22 heteroatoms. The minimum atomic E-state index is -5.62. The molecule has 0 aromatic carbocycles. The molecule has 0 aliphatic heterocycles. The van der Waals surface area contributed by atoms with E-state index in [9.17, 15) is 33.7 Å². The van der Waals surface area contributed by atoms with Gasteiger partial charge in [0.05, 0.1) is 11.0 Å². The fourth-order valence-electron chi connectivity index (χ4n) is 1.35. The van der Waals surface area contributed by atoms with Gasteiger partial charge < -0.3 is 6.92 Å². The molecule has 0 fully saturated rings. The normalized spacial score (nSPS) is 16.9. The second kappa shape index (κ2) is 10.5. The van der Waals surface area contributed by atoms with Crippen molar-refractivity contribution in [2.45, 2.75) is 15.7 Å². The molecule has 0 aliphatic carbocycles. The maximum atomic E-state index is 11.1. The second-order valence-electron chi connectivity index (χ2n) is 4.28. The summed E-state index contributed by atoms with van der Waals surface area (Å²) in [6.45, 7) is 2.61. The third-order valence-corrected chi connectivity index (χ3v) is 7.18. The number of hydrogen-bond acceptors (Lipinski definition) is 10. The summed E-state index contributed by atoms with van der Waals surface area (Å²) in [5.41, 5.74) is 0. The van der Waals surface area contributed by atoms with Crippen LogP contribution >= 0.6 is 0 Å². The van der Waals surface area contributed by atoms with Gasteiger partial charge in [0.25, 0.3) is 30.4 Å². The topological polar surface area (TPSA) is 292 Å². The van der Waals surface area contributed by atoms with Crippen LogP contribution in [-0.4, -0.2) is 90.9 Å². The molecular formula is C5H13NaO16S5. The molecular weight excluding hydrogens is 499 g/mol. The summed E-state index contributed by atoms with van der Waals surface area (Å²) >= 11 is 0. The van der Waals surface area contributed by atoms with Gasteiger partial charge in [-0.05, 0) is 5.25 Å². The zero-order valence-corrected chi connectivity index (χ0v) is 19.0. The smallest absolute Gasteiger partial charge is 0.322 e. The monoisotopic (exact) mass is 512 g/mol. The Morgan fingerprint density at radius 2 is 0.926 bits per heavy atom. The average molecular weight is 512 g/mol. The predicted octanol–water partition coefficient (Wildman–Crippen LogP) is -6.17. The molecule has 160 valence electrons.